The smallest absolute Gasteiger partial charge is 0.0186 e. The minimum atomic E-state index is 0.796. The van der Waals surface area contributed by atoms with Gasteiger partial charge in [-0.2, -0.15) is 11.8 Å². The van der Waals surface area contributed by atoms with Crippen molar-refractivity contribution in [1.29, 1.82) is 0 Å². The molecule has 1 fully saturated rings. The number of thioether (sulfide) groups is 1. The Bertz CT molecular complexity index is 155. The zero-order valence-electron chi connectivity index (χ0n) is 11.1. The number of hydrogen-bond donors (Lipinski definition) is 1. The first-order valence-electron chi connectivity index (χ1n) is 7.19. The van der Waals surface area contributed by atoms with Gasteiger partial charge in [0.05, 0.1) is 0 Å². The fourth-order valence-electron chi connectivity index (χ4n) is 2.51. The lowest BCUT2D eigenvalue weighted by molar-refractivity contribution is 0.388. The molecule has 96 valence electrons. The van der Waals surface area contributed by atoms with E-state index in [2.05, 4.69) is 30.9 Å². The van der Waals surface area contributed by atoms with Crippen LogP contribution in [0.2, 0.25) is 0 Å². The van der Waals surface area contributed by atoms with E-state index in [-0.39, 0.29) is 0 Å². The van der Waals surface area contributed by atoms with Crippen molar-refractivity contribution in [3.05, 3.63) is 0 Å². The molecule has 0 spiro atoms. The first-order valence-corrected chi connectivity index (χ1v) is 8.35. The number of hydrogen-bond acceptors (Lipinski definition) is 2. The molecule has 0 aromatic heterocycles. The van der Waals surface area contributed by atoms with Gasteiger partial charge in [-0.1, -0.05) is 33.1 Å². The summed E-state index contributed by atoms with van der Waals surface area (Å²) in [5.41, 5.74) is 0. The van der Waals surface area contributed by atoms with E-state index >= 15 is 0 Å². The van der Waals surface area contributed by atoms with Crippen molar-refractivity contribution in [3.8, 4) is 0 Å². The topological polar surface area (TPSA) is 12.0 Å². The highest BCUT2D eigenvalue weighted by molar-refractivity contribution is 7.99. The molecule has 0 saturated heterocycles. The Morgan fingerprint density at radius 3 is 2.56 bits per heavy atom. The lowest BCUT2D eigenvalue weighted by atomic mass is 10.00. The van der Waals surface area contributed by atoms with E-state index in [0.717, 1.165) is 12.0 Å². The van der Waals surface area contributed by atoms with E-state index in [9.17, 15) is 0 Å². The Morgan fingerprint density at radius 1 is 1.19 bits per heavy atom. The van der Waals surface area contributed by atoms with Crippen molar-refractivity contribution in [2.75, 3.05) is 18.1 Å². The third-order valence-corrected chi connectivity index (χ3v) is 4.74. The minimum Gasteiger partial charge on any atom is -0.313 e. The Kier molecular flexibility index (Phi) is 8.40. The molecule has 1 saturated carbocycles. The van der Waals surface area contributed by atoms with Gasteiger partial charge in [-0.05, 0) is 43.9 Å². The van der Waals surface area contributed by atoms with Gasteiger partial charge in [0.25, 0.3) is 0 Å². The summed E-state index contributed by atoms with van der Waals surface area (Å²) in [7, 11) is 0. The summed E-state index contributed by atoms with van der Waals surface area (Å²) in [5, 5.41) is 3.77. The normalized spacial score (nSPS) is 19.1. The summed E-state index contributed by atoms with van der Waals surface area (Å²) in [4.78, 5) is 0. The molecule has 1 atom stereocenters. The Morgan fingerprint density at radius 2 is 1.94 bits per heavy atom. The fourth-order valence-corrected chi connectivity index (χ4v) is 3.81. The van der Waals surface area contributed by atoms with Gasteiger partial charge >= 0.3 is 0 Å². The number of unbranched alkanes of at least 4 members (excludes halogenated alkanes) is 1. The van der Waals surface area contributed by atoms with Crippen molar-refractivity contribution < 1.29 is 0 Å². The zero-order valence-corrected chi connectivity index (χ0v) is 12.0. The van der Waals surface area contributed by atoms with Crippen LogP contribution >= 0.6 is 11.8 Å². The predicted octanol–water partition coefficient (Wildman–Crippen LogP) is 4.08. The van der Waals surface area contributed by atoms with Crippen molar-refractivity contribution in [2.45, 2.75) is 64.8 Å². The highest BCUT2D eigenvalue weighted by atomic mass is 32.2. The minimum absolute atomic E-state index is 0.796. The van der Waals surface area contributed by atoms with Crippen molar-refractivity contribution in [1.82, 2.24) is 5.32 Å². The highest BCUT2D eigenvalue weighted by Crippen LogP contribution is 2.29. The van der Waals surface area contributed by atoms with E-state index in [1.54, 1.807) is 0 Å². The fraction of sp³-hybridized carbons (Fsp3) is 1.00. The summed E-state index contributed by atoms with van der Waals surface area (Å²) in [6.07, 6.45) is 9.86. The quantitative estimate of drug-likeness (QED) is 0.612. The molecule has 1 aliphatic rings. The molecule has 0 radical (unpaired) electrons. The second-order valence-electron chi connectivity index (χ2n) is 5.03. The largest absolute Gasteiger partial charge is 0.313 e. The van der Waals surface area contributed by atoms with Gasteiger partial charge in [-0.15, -0.1) is 0 Å². The molecule has 0 aromatic rings. The predicted molar refractivity (Wildman–Crippen MR) is 76.3 cm³/mol. The van der Waals surface area contributed by atoms with E-state index in [1.807, 2.05) is 0 Å². The van der Waals surface area contributed by atoms with E-state index < -0.39 is 0 Å². The molecule has 1 N–H and O–H groups in total. The molecule has 16 heavy (non-hydrogen) atoms. The van der Waals surface area contributed by atoms with Gasteiger partial charge in [0.1, 0.15) is 0 Å². The van der Waals surface area contributed by atoms with E-state index in [4.69, 9.17) is 0 Å². The maximum atomic E-state index is 3.77. The molecule has 0 bridgehead atoms. The van der Waals surface area contributed by atoms with Gasteiger partial charge in [-0.25, -0.2) is 0 Å². The van der Waals surface area contributed by atoms with Crippen molar-refractivity contribution in [3.63, 3.8) is 0 Å². The lowest BCUT2D eigenvalue weighted by Crippen LogP contribution is -2.37. The maximum Gasteiger partial charge on any atom is 0.0186 e. The van der Waals surface area contributed by atoms with Crippen LogP contribution in [0.4, 0.5) is 0 Å². The van der Waals surface area contributed by atoms with Gasteiger partial charge in [0.15, 0.2) is 0 Å². The van der Waals surface area contributed by atoms with Crippen LogP contribution in [0, 0.1) is 5.92 Å². The monoisotopic (exact) mass is 243 g/mol. The Balaban J connectivity index is 2.19. The van der Waals surface area contributed by atoms with Gasteiger partial charge < -0.3 is 5.32 Å². The summed E-state index contributed by atoms with van der Waals surface area (Å²) < 4.78 is 0. The van der Waals surface area contributed by atoms with Crippen LogP contribution in [-0.4, -0.2) is 24.1 Å². The molecular formula is C14H29NS. The molecule has 1 nitrogen and oxygen atoms in total. The van der Waals surface area contributed by atoms with Crippen LogP contribution in [0.15, 0.2) is 0 Å². The number of rotatable bonds is 9. The molecule has 1 rings (SSSR count). The van der Waals surface area contributed by atoms with Gasteiger partial charge in [0.2, 0.25) is 0 Å². The maximum absolute atomic E-state index is 3.77. The highest BCUT2D eigenvalue weighted by Gasteiger charge is 2.23. The first kappa shape index (κ1) is 14.4. The van der Waals surface area contributed by atoms with Crippen LogP contribution in [-0.2, 0) is 0 Å². The standard InChI is InChI=1S/C14H29NS/c1-3-5-11-16-12-14(15-10-4-2)13-8-6-7-9-13/h13-15H,3-12H2,1-2H3. The molecule has 1 aliphatic carbocycles. The number of nitrogens with one attached hydrogen (secondary N) is 1. The van der Waals surface area contributed by atoms with Crippen LogP contribution in [0.5, 0.6) is 0 Å². The first-order chi connectivity index (χ1) is 7.88. The van der Waals surface area contributed by atoms with Crippen LogP contribution in [0.1, 0.15) is 58.8 Å². The van der Waals surface area contributed by atoms with Crippen LogP contribution < -0.4 is 5.32 Å². The lowest BCUT2D eigenvalue weighted by Gasteiger charge is -2.24. The van der Waals surface area contributed by atoms with E-state index in [0.29, 0.717) is 0 Å². The average molecular weight is 243 g/mol. The molecule has 2 heteroatoms. The third-order valence-electron chi connectivity index (χ3n) is 3.57. The van der Waals surface area contributed by atoms with Crippen molar-refractivity contribution in [2.24, 2.45) is 5.92 Å². The molecule has 0 aliphatic heterocycles. The second kappa shape index (κ2) is 9.35. The zero-order chi connectivity index (χ0) is 11.6. The average Bonchev–Trinajstić information content (AvgIpc) is 2.82. The second-order valence-corrected chi connectivity index (χ2v) is 6.18. The third kappa shape index (κ3) is 5.58. The summed E-state index contributed by atoms with van der Waals surface area (Å²) in [6, 6.07) is 0.796. The van der Waals surface area contributed by atoms with Gasteiger partial charge in [-0.3, -0.25) is 0 Å². The summed E-state index contributed by atoms with van der Waals surface area (Å²) in [6.45, 7) is 5.75. The molecule has 0 aromatic carbocycles. The molecular weight excluding hydrogens is 214 g/mol. The van der Waals surface area contributed by atoms with Crippen LogP contribution in [0.25, 0.3) is 0 Å². The Hall–Kier alpha value is 0.310. The van der Waals surface area contributed by atoms with E-state index in [1.165, 1.54) is 63.0 Å². The molecule has 0 heterocycles. The summed E-state index contributed by atoms with van der Waals surface area (Å²) in [5.74, 6) is 3.67. The Labute approximate surface area is 106 Å². The molecule has 0 amide bonds. The summed E-state index contributed by atoms with van der Waals surface area (Å²) >= 11 is 2.16. The molecule has 1 unspecified atom stereocenters. The SMILES string of the molecule is CCCCSCC(NCCC)C1CCCC1. The van der Waals surface area contributed by atoms with Gasteiger partial charge in [0, 0.05) is 11.8 Å². The van der Waals surface area contributed by atoms with Crippen LogP contribution in [0.3, 0.4) is 0 Å². The van der Waals surface area contributed by atoms with Crippen molar-refractivity contribution >= 4 is 11.8 Å².